The van der Waals surface area contributed by atoms with Gasteiger partial charge in [-0.25, -0.2) is 4.79 Å². The fourth-order valence-electron chi connectivity index (χ4n) is 1.70. The summed E-state index contributed by atoms with van der Waals surface area (Å²) in [6, 6.07) is 3.11. The van der Waals surface area contributed by atoms with Gasteiger partial charge in [0.05, 0.1) is 4.88 Å². The van der Waals surface area contributed by atoms with Crippen molar-refractivity contribution >= 4 is 23.2 Å². The van der Waals surface area contributed by atoms with Gasteiger partial charge >= 0.3 is 5.97 Å². The van der Waals surface area contributed by atoms with Crippen LogP contribution in [-0.4, -0.2) is 23.0 Å². The molecule has 0 aliphatic carbocycles. The highest BCUT2D eigenvalue weighted by molar-refractivity contribution is 7.15. The number of nitrogens with one attached hydrogen (secondary N) is 1. The van der Waals surface area contributed by atoms with E-state index < -0.39 is 5.97 Å². The van der Waals surface area contributed by atoms with Gasteiger partial charge in [-0.2, -0.15) is 0 Å². The molecule has 100 valence electrons. The number of carbonyl (C=O) groups is 2. The molecule has 4 nitrogen and oxygen atoms in total. The van der Waals surface area contributed by atoms with Crippen molar-refractivity contribution in [3.63, 3.8) is 0 Å². The van der Waals surface area contributed by atoms with E-state index >= 15 is 0 Å². The average molecular weight is 269 g/mol. The normalized spacial score (nSPS) is 13.9. The Labute approximate surface area is 111 Å². The van der Waals surface area contributed by atoms with Crippen LogP contribution in [0, 0.1) is 5.92 Å². The van der Waals surface area contributed by atoms with E-state index in [1.807, 2.05) is 6.92 Å². The molecule has 1 aromatic rings. The summed E-state index contributed by atoms with van der Waals surface area (Å²) in [5, 5.41) is 11.7. The van der Waals surface area contributed by atoms with E-state index in [0.717, 1.165) is 24.2 Å². The second kappa shape index (κ2) is 6.54. The van der Waals surface area contributed by atoms with Crippen molar-refractivity contribution in [1.29, 1.82) is 0 Å². The highest BCUT2D eigenvalue weighted by Gasteiger charge is 2.15. The molecule has 2 unspecified atom stereocenters. The Morgan fingerprint density at radius 3 is 2.44 bits per heavy atom. The van der Waals surface area contributed by atoms with E-state index in [0.29, 0.717) is 10.8 Å². The summed E-state index contributed by atoms with van der Waals surface area (Å²) >= 11 is 1.00. The summed E-state index contributed by atoms with van der Waals surface area (Å²) in [4.78, 5) is 23.2. The van der Waals surface area contributed by atoms with E-state index in [2.05, 4.69) is 19.2 Å². The molecule has 5 heteroatoms. The maximum absolute atomic E-state index is 11.9. The van der Waals surface area contributed by atoms with Crippen molar-refractivity contribution in [1.82, 2.24) is 5.32 Å². The number of carboxylic acid groups (broad SMARTS) is 1. The van der Waals surface area contributed by atoms with Gasteiger partial charge in [-0.15, -0.1) is 11.3 Å². The van der Waals surface area contributed by atoms with Crippen LogP contribution < -0.4 is 5.32 Å². The standard InChI is InChI=1S/C13H19NO3S/c1-4-8(2)7-9(3)14-12(15)10-5-6-11(18-10)13(16)17/h5-6,8-9H,4,7H2,1-3H3,(H,14,15)(H,16,17). The van der Waals surface area contributed by atoms with Crippen LogP contribution in [-0.2, 0) is 0 Å². The summed E-state index contributed by atoms with van der Waals surface area (Å²) in [7, 11) is 0. The molecule has 0 aliphatic rings. The van der Waals surface area contributed by atoms with E-state index in [4.69, 9.17) is 5.11 Å². The molecule has 0 aliphatic heterocycles. The zero-order valence-electron chi connectivity index (χ0n) is 10.9. The highest BCUT2D eigenvalue weighted by atomic mass is 32.1. The van der Waals surface area contributed by atoms with Gasteiger partial charge in [-0.05, 0) is 31.4 Å². The van der Waals surface area contributed by atoms with Gasteiger partial charge in [0.2, 0.25) is 0 Å². The van der Waals surface area contributed by atoms with Crippen molar-refractivity contribution in [3.8, 4) is 0 Å². The molecular weight excluding hydrogens is 250 g/mol. The summed E-state index contributed by atoms with van der Waals surface area (Å²) in [5.41, 5.74) is 0. The Kier molecular flexibility index (Phi) is 5.34. The van der Waals surface area contributed by atoms with Crippen LogP contribution in [0.3, 0.4) is 0 Å². The van der Waals surface area contributed by atoms with Crippen LogP contribution in [0.2, 0.25) is 0 Å². The lowest BCUT2D eigenvalue weighted by Crippen LogP contribution is -2.33. The van der Waals surface area contributed by atoms with Crippen LogP contribution in [0.15, 0.2) is 12.1 Å². The van der Waals surface area contributed by atoms with Gasteiger partial charge in [0.1, 0.15) is 4.88 Å². The molecule has 0 radical (unpaired) electrons. The smallest absolute Gasteiger partial charge is 0.345 e. The zero-order valence-corrected chi connectivity index (χ0v) is 11.7. The first-order valence-electron chi connectivity index (χ1n) is 6.08. The number of rotatable bonds is 6. The zero-order chi connectivity index (χ0) is 13.7. The van der Waals surface area contributed by atoms with Gasteiger partial charge in [0, 0.05) is 6.04 Å². The van der Waals surface area contributed by atoms with Gasteiger partial charge < -0.3 is 10.4 Å². The van der Waals surface area contributed by atoms with Crippen LogP contribution in [0.1, 0.15) is 53.0 Å². The highest BCUT2D eigenvalue weighted by Crippen LogP contribution is 2.17. The molecule has 1 aromatic heterocycles. The lowest BCUT2D eigenvalue weighted by Gasteiger charge is -2.16. The second-order valence-corrected chi connectivity index (χ2v) is 5.68. The monoisotopic (exact) mass is 269 g/mol. The summed E-state index contributed by atoms with van der Waals surface area (Å²) in [6.45, 7) is 6.24. The Hall–Kier alpha value is -1.36. The van der Waals surface area contributed by atoms with Gasteiger partial charge in [0.25, 0.3) is 5.91 Å². The summed E-state index contributed by atoms with van der Waals surface area (Å²) < 4.78 is 0. The lowest BCUT2D eigenvalue weighted by atomic mass is 10.0. The van der Waals surface area contributed by atoms with Crippen molar-refractivity contribution in [3.05, 3.63) is 21.9 Å². The minimum atomic E-state index is -0.994. The first-order chi connectivity index (χ1) is 8.43. The average Bonchev–Trinajstić information content (AvgIpc) is 2.77. The molecule has 2 atom stereocenters. The molecule has 0 saturated carbocycles. The minimum absolute atomic E-state index is 0.0998. The molecular formula is C13H19NO3S. The van der Waals surface area contributed by atoms with Gasteiger partial charge in [0.15, 0.2) is 0 Å². The van der Waals surface area contributed by atoms with Gasteiger partial charge in [-0.3, -0.25) is 4.79 Å². The van der Waals surface area contributed by atoms with Crippen LogP contribution >= 0.6 is 11.3 Å². The number of carboxylic acids is 1. The first kappa shape index (κ1) is 14.7. The molecule has 0 spiro atoms. The number of thiophene rings is 1. The number of hydrogen-bond donors (Lipinski definition) is 2. The number of carbonyl (C=O) groups excluding carboxylic acids is 1. The molecule has 1 amide bonds. The van der Waals surface area contributed by atoms with Gasteiger partial charge in [-0.1, -0.05) is 20.3 Å². The lowest BCUT2D eigenvalue weighted by molar-refractivity contribution is 0.0702. The van der Waals surface area contributed by atoms with Crippen molar-refractivity contribution in [2.75, 3.05) is 0 Å². The van der Waals surface area contributed by atoms with E-state index in [-0.39, 0.29) is 16.8 Å². The maximum atomic E-state index is 11.9. The third-order valence-electron chi connectivity index (χ3n) is 2.87. The fraction of sp³-hybridized carbons (Fsp3) is 0.538. The van der Waals surface area contributed by atoms with E-state index in [1.165, 1.54) is 6.07 Å². The maximum Gasteiger partial charge on any atom is 0.345 e. The third kappa shape index (κ3) is 4.14. The predicted octanol–water partition coefficient (Wildman–Crippen LogP) is 3.00. The number of hydrogen-bond acceptors (Lipinski definition) is 3. The van der Waals surface area contributed by atoms with E-state index in [1.54, 1.807) is 6.07 Å². The SMILES string of the molecule is CCC(C)CC(C)NC(=O)c1ccc(C(=O)O)s1. The quantitative estimate of drug-likeness (QED) is 0.834. The molecule has 0 fully saturated rings. The molecule has 18 heavy (non-hydrogen) atoms. The summed E-state index contributed by atoms with van der Waals surface area (Å²) in [5.74, 6) is -0.617. The Balaban J connectivity index is 2.56. The minimum Gasteiger partial charge on any atom is -0.477 e. The number of aromatic carboxylic acids is 1. The molecule has 0 aromatic carbocycles. The molecule has 1 heterocycles. The Morgan fingerprint density at radius 1 is 1.33 bits per heavy atom. The van der Waals surface area contributed by atoms with E-state index in [9.17, 15) is 9.59 Å². The Morgan fingerprint density at radius 2 is 1.94 bits per heavy atom. The molecule has 2 N–H and O–H groups in total. The Bertz CT molecular complexity index is 428. The number of amides is 1. The first-order valence-corrected chi connectivity index (χ1v) is 6.89. The fourth-order valence-corrected chi connectivity index (χ4v) is 2.45. The van der Waals surface area contributed by atoms with Crippen molar-refractivity contribution < 1.29 is 14.7 Å². The summed E-state index contributed by atoms with van der Waals surface area (Å²) in [6.07, 6.45) is 2.02. The molecule has 0 saturated heterocycles. The van der Waals surface area contributed by atoms with Crippen LogP contribution in [0.25, 0.3) is 0 Å². The molecule has 0 bridgehead atoms. The predicted molar refractivity (Wildman–Crippen MR) is 72.3 cm³/mol. The largest absolute Gasteiger partial charge is 0.477 e. The van der Waals surface area contributed by atoms with Crippen LogP contribution in [0.5, 0.6) is 0 Å². The van der Waals surface area contributed by atoms with Crippen LogP contribution in [0.4, 0.5) is 0 Å². The van der Waals surface area contributed by atoms with Crippen molar-refractivity contribution in [2.24, 2.45) is 5.92 Å². The third-order valence-corrected chi connectivity index (χ3v) is 3.94. The molecule has 1 rings (SSSR count). The van der Waals surface area contributed by atoms with Crippen molar-refractivity contribution in [2.45, 2.75) is 39.7 Å². The topological polar surface area (TPSA) is 66.4 Å². The second-order valence-electron chi connectivity index (χ2n) is 4.59.